The normalized spacial score (nSPS) is 27.4. The quantitative estimate of drug-likeness (QED) is 0.0582. The summed E-state index contributed by atoms with van der Waals surface area (Å²) < 4.78 is 61.4. The number of carbonyl (C=O) groups excluding carboxylic acids is 4. The molecule has 3 aliphatic rings. The summed E-state index contributed by atoms with van der Waals surface area (Å²) in [6, 6.07) is 33.9. The molecule has 11 atom stereocenters. The van der Waals surface area contributed by atoms with Crippen LogP contribution in [0.1, 0.15) is 94.8 Å². The zero-order valence-corrected chi connectivity index (χ0v) is 36.4. The molecule has 0 aliphatic carbocycles. The first-order chi connectivity index (χ1) is 31.7. The van der Waals surface area contributed by atoms with Crippen LogP contribution >= 0.6 is 0 Å². The van der Waals surface area contributed by atoms with E-state index in [1.165, 1.54) is 7.11 Å². The predicted molar refractivity (Wildman–Crippen MR) is 231 cm³/mol. The molecule has 0 radical (unpaired) electrons. The van der Waals surface area contributed by atoms with Crippen molar-refractivity contribution >= 4 is 23.9 Å². The fourth-order valence-electron chi connectivity index (χ4n) is 7.96. The number of methoxy groups -OCH3 is 1. The van der Waals surface area contributed by atoms with Crippen molar-refractivity contribution in [1.82, 2.24) is 0 Å². The van der Waals surface area contributed by atoms with E-state index in [0.29, 0.717) is 12.8 Å². The van der Waals surface area contributed by atoms with Gasteiger partial charge in [0.15, 0.2) is 37.2 Å². The van der Waals surface area contributed by atoms with E-state index in [0.717, 1.165) is 37.7 Å². The van der Waals surface area contributed by atoms with E-state index in [2.05, 4.69) is 0 Å². The Hall–Kier alpha value is -5.52. The fourth-order valence-corrected chi connectivity index (χ4v) is 7.96. The van der Waals surface area contributed by atoms with E-state index < -0.39 is 85.6 Å². The Morgan fingerprint density at radius 1 is 0.585 bits per heavy atom. The average Bonchev–Trinajstić information content (AvgIpc) is 3.34. The van der Waals surface area contributed by atoms with E-state index >= 15 is 0 Å². The van der Waals surface area contributed by atoms with Gasteiger partial charge in [-0.1, -0.05) is 111 Å². The highest BCUT2D eigenvalue weighted by atomic mass is 16.8. The van der Waals surface area contributed by atoms with Crippen LogP contribution in [-0.4, -0.2) is 111 Å². The van der Waals surface area contributed by atoms with Crippen LogP contribution in [0.5, 0.6) is 0 Å². The molecule has 3 heterocycles. The van der Waals surface area contributed by atoms with Crippen molar-refractivity contribution in [2.24, 2.45) is 0 Å². The number of carbonyl (C=O) groups is 4. The largest absolute Gasteiger partial charge is 0.469 e. The first kappa shape index (κ1) is 47.4. The molecular formula is C50H56O15. The number of rotatable bonds is 19. The third-order valence-electron chi connectivity index (χ3n) is 11.4. The van der Waals surface area contributed by atoms with Gasteiger partial charge in [0.05, 0.1) is 36.5 Å². The monoisotopic (exact) mass is 896 g/mol. The average molecular weight is 897 g/mol. The van der Waals surface area contributed by atoms with Gasteiger partial charge in [-0.3, -0.25) is 4.79 Å². The Morgan fingerprint density at radius 3 is 1.66 bits per heavy atom. The van der Waals surface area contributed by atoms with Gasteiger partial charge in [0.25, 0.3) is 0 Å². The molecule has 7 rings (SSSR count). The Morgan fingerprint density at radius 2 is 1.09 bits per heavy atom. The maximum absolute atomic E-state index is 14.0. The standard InChI is InChI=1S/C50H56O15/c1-32-40(61-45(53)33-21-11-7-12-22-33)43(62-46(54)34-23-13-8-14-24-34)44(63-47(55)35-25-15-9-16-26-35)50(59-32)65-42-39(52)41-37(31-58-48(64-41)36-27-17-10-18-28-36)60-49(42)57-30-20-6-4-3-5-19-29-38(51)56-2/h7-18,21-28,32,37,39-44,48-50,52H,3-6,19-20,29-31H2,1-2H3/t32-,37+,39-,40+,41-,42+,43+,44-,48?,49+,50-/m0/s1. The zero-order valence-electron chi connectivity index (χ0n) is 36.4. The van der Waals surface area contributed by atoms with E-state index in [-0.39, 0.29) is 35.9 Å². The topological polar surface area (TPSA) is 181 Å². The molecule has 0 saturated carbocycles. The number of hydrogen-bond acceptors (Lipinski definition) is 15. The summed E-state index contributed by atoms with van der Waals surface area (Å²) in [5, 5.41) is 12.3. The number of unbranched alkanes of at least 4 members (excludes halogenated alkanes) is 5. The van der Waals surface area contributed by atoms with Gasteiger partial charge in [-0.2, -0.15) is 0 Å². The van der Waals surface area contributed by atoms with Crippen LogP contribution in [0.2, 0.25) is 0 Å². The van der Waals surface area contributed by atoms with Crippen LogP contribution in [0.25, 0.3) is 0 Å². The number of benzene rings is 4. The van der Waals surface area contributed by atoms with E-state index in [1.54, 1.807) is 97.9 Å². The van der Waals surface area contributed by atoms with Crippen molar-refractivity contribution in [1.29, 1.82) is 0 Å². The maximum Gasteiger partial charge on any atom is 0.338 e. The van der Waals surface area contributed by atoms with Crippen molar-refractivity contribution in [3.05, 3.63) is 144 Å². The summed E-state index contributed by atoms with van der Waals surface area (Å²) >= 11 is 0. The van der Waals surface area contributed by atoms with Gasteiger partial charge in [-0.05, 0) is 56.2 Å². The lowest BCUT2D eigenvalue weighted by molar-refractivity contribution is -0.391. The Labute approximate surface area is 378 Å². The second kappa shape index (κ2) is 23.6. The minimum Gasteiger partial charge on any atom is -0.469 e. The number of ether oxygens (including phenoxy) is 10. The highest BCUT2D eigenvalue weighted by molar-refractivity contribution is 5.91. The summed E-state index contributed by atoms with van der Waals surface area (Å²) in [4.78, 5) is 53.0. The van der Waals surface area contributed by atoms with E-state index in [4.69, 9.17) is 47.4 Å². The van der Waals surface area contributed by atoms with Crippen molar-refractivity contribution < 1.29 is 71.7 Å². The van der Waals surface area contributed by atoms with Crippen molar-refractivity contribution in [3.8, 4) is 0 Å². The Balaban J connectivity index is 1.16. The second-order valence-electron chi connectivity index (χ2n) is 16.0. The SMILES string of the molecule is COC(=O)CCCCCCCCO[C@@H]1O[C@@H]2COC(c3ccccc3)O[C@@H]2[C@H](O)[C@H]1O[C@@H]1O[C@@H](C)[C@@H](OC(=O)c2ccccc2)[C@@H](OC(=O)c2ccccc2)[C@@H]1OC(=O)c1ccccc1. The molecule has 3 aliphatic heterocycles. The molecule has 15 heteroatoms. The van der Waals surface area contributed by atoms with Crippen LogP contribution in [0.15, 0.2) is 121 Å². The second-order valence-corrected chi connectivity index (χ2v) is 16.0. The summed E-state index contributed by atoms with van der Waals surface area (Å²) in [6.07, 6.45) is -8.14. The molecule has 1 N–H and O–H groups in total. The van der Waals surface area contributed by atoms with Gasteiger partial charge in [-0.25, -0.2) is 14.4 Å². The molecule has 3 saturated heterocycles. The van der Waals surface area contributed by atoms with Gasteiger partial charge >= 0.3 is 23.9 Å². The number of hydrogen-bond donors (Lipinski definition) is 1. The fraction of sp³-hybridized carbons (Fsp3) is 0.440. The molecule has 0 amide bonds. The van der Waals surface area contributed by atoms with E-state index in [1.807, 2.05) is 30.3 Å². The molecule has 15 nitrogen and oxygen atoms in total. The molecule has 0 aromatic heterocycles. The van der Waals surface area contributed by atoms with Gasteiger partial charge in [0.1, 0.15) is 24.4 Å². The molecule has 4 aromatic rings. The third-order valence-corrected chi connectivity index (χ3v) is 11.4. The van der Waals surface area contributed by atoms with E-state index in [9.17, 15) is 24.3 Å². The predicted octanol–water partition coefficient (Wildman–Crippen LogP) is 6.91. The molecule has 0 spiro atoms. The summed E-state index contributed by atoms with van der Waals surface area (Å²) in [7, 11) is 1.38. The number of aliphatic hydroxyl groups is 1. The molecule has 65 heavy (non-hydrogen) atoms. The highest BCUT2D eigenvalue weighted by Crippen LogP contribution is 2.38. The van der Waals surface area contributed by atoms with Crippen molar-refractivity contribution in [2.75, 3.05) is 20.3 Å². The molecule has 1 unspecified atom stereocenters. The van der Waals surface area contributed by atoms with Gasteiger partial charge in [0.2, 0.25) is 0 Å². The Kier molecular flexibility index (Phi) is 17.2. The zero-order chi connectivity index (χ0) is 45.5. The first-order valence-electron chi connectivity index (χ1n) is 22.1. The smallest absolute Gasteiger partial charge is 0.338 e. The lowest BCUT2D eigenvalue weighted by Crippen LogP contribution is -2.66. The van der Waals surface area contributed by atoms with Crippen molar-refractivity contribution in [2.45, 2.75) is 120 Å². The van der Waals surface area contributed by atoms with Crippen LogP contribution in [-0.2, 0) is 52.2 Å². The molecule has 3 fully saturated rings. The lowest BCUT2D eigenvalue weighted by Gasteiger charge is -2.50. The van der Waals surface area contributed by atoms with Gasteiger partial charge < -0.3 is 52.5 Å². The van der Waals surface area contributed by atoms with Crippen LogP contribution in [0.3, 0.4) is 0 Å². The molecule has 4 aromatic carbocycles. The lowest BCUT2D eigenvalue weighted by atomic mass is 9.96. The van der Waals surface area contributed by atoms with Crippen LogP contribution in [0, 0.1) is 0 Å². The maximum atomic E-state index is 14.0. The summed E-state index contributed by atoms with van der Waals surface area (Å²) in [5.74, 6) is -2.56. The highest BCUT2D eigenvalue weighted by Gasteiger charge is 2.56. The molecule has 346 valence electrons. The number of fused-ring (bicyclic) bond motifs is 1. The van der Waals surface area contributed by atoms with Crippen LogP contribution in [0.4, 0.5) is 0 Å². The molecule has 0 bridgehead atoms. The minimum absolute atomic E-state index is 0.0691. The summed E-state index contributed by atoms with van der Waals surface area (Å²) in [5.41, 5.74) is 1.32. The third kappa shape index (κ3) is 12.6. The van der Waals surface area contributed by atoms with Gasteiger partial charge in [-0.15, -0.1) is 0 Å². The number of esters is 4. The first-order valence-corrected chi connectivity index (χ1v) is 22.1. The summed E-state index contributed by atoms with van der Waals surface area (Å²) in [6.45, 7) is 1.91. The molecular weight excluding hydrogens is 841 g/mol. The van der Waals surface area contributed by atoms with Crippen molar-refractivity contribution in [3.63, 3.8) is 0 Å². The van der Waals surface area contributed by atoms with Gasteiger partial charge in [0, 0.05) is 18.6 Å². The minimum atomic E-state index is -1.59. The number of aliphatic hydroxyl groups excluding tert-OH is 1. The van der Waals surface area contributed by atoms with Crippen LogP contribution < -0.4 is 0 Å². The Bertz CT molecular complexity index is 2110.